The highest BCUT2D eigenvalue weighted by atomic mass is 14.8. The van der Waals surface area contributed by atoms with Crippen molar-refractivity contribution in [3.8, 4) is 6.07 Å². The SMILES string of the molecule is CNCC(C)=C(C#N)c1ccccc1. The van der Waals surface area contributed by atoms with Gasteiger partial charge in [0, 0.05) is 6.54 Å². The van der Waals surface area contributed by atoms with Gasteiger partial charge in [0.05, 0.1) is 11.6 Å². The van der Waals surface area contributed by atoms with Crippen LogP contribution in [0.3, 0.4) is 0 Å². The van der Waals surface area contributed by atoms with Gasteiger partial charge in [0.25, 0.3) is 0 Å². The van der Waals surface area contributed by atoms with Crippen molar-refractivity contribution >= 4 is 5.57 Å². The van der Waals surface area contributed by atoms with Crippen molar-refractivity contribution in [3.63, 3.8) is 0 Å². The molecule has 2 heteroatoms. The first kappa shape index (κ1) is 10.5. The number of nitrogens with zero attached hydrogens (tertiary/aromatic N) is 1. The maximum Gasteiger partial charge on any atom is 0.0997 e. The van der Waals surface area contributed by atoms with Crippen LogP contribution in [0.5, 0.6) is 0 Å². The lowest BCUT2D eigenvalue weighted by Crippen LogP contribution is -2.09. The first-order chi connectivity index (χ1) is 6.79. The molecular weight excluding hydrogens is 172 g/mol. The van der Waals surface area contributed by atoms with E-state index in [1.165, 1.54) is 0 Å². The van der Waals surface area contributed by atoms with E-state index >= 15 is 0 Å². The van der Waals surface area contributed by atoms with Crippen LogP contribution in [0.25, 0.3) is 5.57 Å². The van der Waals surface area contributed by atoms with Crippen molar-refractivity contribution < 1.29 is 0 Å². The van der Waals surface area contributed by atoms with Crippen LogP contribution in [-0.2, 0) is 0 Å². The minimum absolute atomic E-state index is 0.748. The van der Waals surface area contributed by atoms with Gasteiger partial charge in [-0.2, -0.15) is 5.26 Å². The van der Waals surface area contributed by atoms with Crippen LogP contribution in [0.1, 0.15) is 12.5 Å². The Hall–Kier alpha value is -1.59. The molecule has 0 atom stereocenters. The van der Waals surface area contributed by atoms with Gasteiger partial charge in [-0.1, -0.05) is 30.3 Å². The molecule has 0 fully saturated rings. The summed E-state index contributed by atoms with van der Waals surface area (Å²) < 4.78 is 0. The third-order valence-electron chi connectivity index (χ3n) is 2.04. The Morgan fingerprint density at radius 2 is 2.00 bits per heavy atom. The first-order valence-electron chi connectivity index (χ1n) is 4.59. The summed E-state index contributed by atoms with van der Waals surface area (Å²) in [5.41, 5.74) is 2.82. The van der Waals surface area contributed by atoms with E-state index in [0.717, 1.165) is 23.3 Å². The van der Waals surface area contributed by atoms with Crippen molar-refractivity contribution in [2.75, 3.05) is 13.6 Å². The Morgan fingerprint density at radius 1 is 1.36 bits per heavy atom. The number of hydrogen-bond donors (Lipinski definition) is 1. The Bertz CT molecular complexity index is 358. The number of nitriles is 1. The molecule has 1 N–H and O–H groups in total. The molecule has 0 bridgehead atoms. The molecule has 72 valence electrons. The van der Waals surface area contributed by atoms with Gasteiger partial charge in [-0.25, -0.2) is 0 Å². The molecule has 14 heavy (non-hydrogen) atoms. The average Bonchev–Trinajstić information content (AvgIpc) is 2.21. The fraction of sp³-hybridized carbons (Fsp3) is 0.250. The summed E-state index contributed by atoms with van der Waals surface area (Å²) in [7, 11) is 1.88. The van der Waals surface area contributed by atoms with Crippen LogP contribution in [0.2, 0.25) is 0 Å². The highest BCUT2D eigenvalue weighted by Crippen LogP contribution is 2.16. The van der Waals surface area contributed by atoms with Gasteiger partial charge in [-0.05, 0) is 25.1 Å². The lowest BCUT2D eigenvalue weighted by Gasteiger charge is -2.04. The number of allylic oxidation sites excluding steroid dienone is 1. The average molecular weight is 186 g/mol. The van der Waals surface area contributed by atoms with Crippen molar-refractivity contribution in [1.29, 1.82) is 5.26 Å². The monoisotopic (exact) mass is 186 g/mol. The zero-order valence-electron chi connectivity index (χ0n) is 8.54. The van der Waals surface area contributed by atoms with Crippen LogP contribution < -0.4 is 5.32 Å². The molecule has 0 saturated carbocycles. The zero-order valence-corrected chi connectivity index (χ0v) is 8.54. The predicted octanol–water partition coefficient (Wildman–Crippen LogP) is 2.20. The second-order valence-corrected chi connectivity index (χ2v) is 3.16. The van der Waals surface area contributed by atoms with Crippen LogP contribution in [-0.4, -0.2) is 13.6 Å². The minimum Gasteiger partial charge on any atom is -0.316 e. The fourth-order valence-corrected chi connectivity index (χ4v) is 1.36. The van der Waals surface area contributed by atoms with E-state index in [0.29, 0.717) is 0 Å². The fourth-order valence-electron chi connectivity index (χ4n) is 1.36. The van der Waals surface area contributed by atoms with E-state index in [-0.39, 0.29) is 0 Å². The smallest absolute Gasteiger partial charge is 0.0997 e. The molecule has 0 heterocycles. The molecular formula is C12H14N2. The van der Waals surface area contributed by atoms with Gasteiger partial charge in [-0.15, -0.1) is 0 Å². The summed E-state index contributed by atoms with van der Waals surface area (Å²) >= 11 is 0. The molecule has 0 amide bonds. The number of nitrogens with one attached hydrogen (secondary N) is 1. The number of hydrogen-bond acceptors (Lipinski definition) is 2. The Labute approximate surface area is 84.9 Å². The summed E-state index contributed by atoms with van der Waals surface area (Å²) in [5.74, 6) is 0. The standard InChI is InChI=1S/C12H14N2/c1-10(9-14-2)12(8-13)11-6-4-3-5-7-11/h3-7,14H,9H2,1-2H3. The third kappa shape index (κ3) is 2.45. The molecule has 0 unspecified atom stereocenters. The molecule has 0 aliphatic carbocycles. The molecule has 0 radical (unpaired) electrons. The molecule has 0 saturated heterocycles. The van der Waals surface area contributed by atoms with Gasteiger partial charge in [-0.3, -0.25) is 0 Å². The zero-order chi connectivity index (χ0) is 10.4. The molecule has 1 aromatic rings. The summed E-state index contributed by atoms with van der Waals surface area (Å²) in [4.78, 5) is 0. The summed E-state index contributed by atoms with van der Waals surface area (Å²) in [5, 5.41) is 12.1. The van der Waals surface area contributed by atoms with E-state index in [1.54, 1.807) is 0 Å². The Morgan fingerprint density at radius 3 is 2.50 bits per heavy atom. The molecule has 0 spiro atoms. The first-order valence-corrected chi connectivity index (χ1v) is 4.59. The van der Waals surface area contributed by atoms with Crippen molar-refractivity contribution in [2.24, 2.45) is 0 Å². The number of likely N-dealkylation sites (N-methyl/N-ethyl adjacent to an activating group) is 1. The number of rotatable bonds is 3. The van der Waals surface area contributed by atoms with Gasteiger partial charge >= 0.3 is 0 Å². The molecule has 1 aromatic carbocycles. The third-order valence-corrected chi connectivity index (χ3v) is 2.04. The van der Waals surface area contributed by atoms with E-state index in [2.05, 4.69) is 11.4 Å². The van der Waals surface area contributed by atoms with Crippen molar-refractivity contribution in [2.45, 2.75) is 6.92 Å². The Balaban J connectivity index is 3.06. The van der Waals surface area contributed by atoms with E-state index in [9.17, 15) is 0 Å². The summed E-state index contributed by atoms with van der Waals surface area (Å²) in [6, 6.07) is 12.0. The molecule has 0 aromatic heterocycles. The second-order valence-electron chi connectivity index (χ2n) is 3.16. The lowest BCUT2D eigenvalue weighted by atomic mass is 10.0. The molecule has 1 rings (SSSR count). The summed E-state index contributed by atoms with van der Waals surface area (Å²) in [6.07, 6.45) is 0. The highest BCUT2D eigenvalue weighted by Gasteiger charge is 2.03. The van der Waals surface area contributed by atoms with Gasteiger partial charge < -0.3 is 5.32 Å². The van der Waals surface area contributed by atoms with Gasteiger partial charge in [0.15, 0.2) is 0 Å². The van der Waals surface area contributed by atoms with Gasteiger partial charge in [0.2, 0.25) is 0 Å². The summed E-state index contributed by atoms with van der Waals surface area (Å²) in [6.45, 7) is 2.72. The quantitative estimate of drug-likeness (QED) is 0.734. The van der Waals surface area contributed by atoms with E-state index in [4.69, 9.17) is 5.26 Å². The second kappa shape index (κ2) is 5.21. The predicted molar refractivity (Wildman–Crippen MR) is 58.6 cm³/mol. The highest BCUT2D eigenvalue weighted by molar-refractivity contribution is 5.79. The van der Waals surface area contributed by atoms with Crippen LogP contribution in [0.4, 0.5) is 0 Å². The Kier molecular flexibility index (Phi) is 3.90. The molecule has 0 aliphatic rings. The lowest BCUT2D eigenvalue weighted by molar-refractivity contribution is 0.882. The number of benzene rings is 1. The molecule has 0 aliphatic heterocycles. The maximum absolute atomic E-state index is 9.04. The van der Waals surface area contributed by atoms with E-state index in [1.807, 2.05) is 44.3 Å². The van der Waals surface area contributed by atoms with Crippen LogP contribution in [0, 0.1) is 11.3 Å². The normalized spacial score (nSPS) is 11.8. The molecule has 2 nitrogen and oxygen atoms in total. The van der Waals surface area contributed by atoms with Crippen molar-refractivity contribution in [1.82, 2.24) is 5.32 Å². The largest absolute Gasteiger partial charge is 0.316 e. The van der Waals surface area contributed by atoms with Crippen LogP contribution in [0.15, 0.2) is 35.9 Å². The van der Waals surface area contributed by atoms with E-state index < -0.39 is 0 Å². The maximum atomic E-state index is 9.04. The topological polar surface area (TPSA) is 35.8 Å². The van der Waals surface area contributed by atoms with Crippen molar-refractivity contribution in [3.05, 3.63) is 41.5 Å². The van der Waals surface area contributed by atoms with Gasteiger partial charge in [0.1, 0.15) is 0 Å². The van der Waals surface area contributed by atoms with Crippen LogP contribution >= 0.6 is 0 Å². The minimum atomic E-state index is 0.748.